The highest BCUT2D eigenvalue weighted by molar-refractivity contribution is 7.15. The normalized spacial score (nSPS) is 18.0. The smallest absolute Gasteiger partial charge is 0.224 e. The topological polar surface area (TPSA) is 58.1 Å². The molecule has 0 spiro atoms. The fourth-order valence-electron chi connectivity index (χ4n) is 2.79. The molecule has 1 saturated heterocycles. The van der Waals surface area contributed by atoms with E-state index in [0.717, 1.165) is 47.5 Å². The van der Waals surface area contributed by atoms with Crippen molar-refractivity contribution < 1.29 is 4.79 Å². The average Bonchev–Trinajstić information content (AvgIpc) is 3.05. The van der Waals surface area contributed by atoms with Crippen molar-refractivity contribution in [3.63, 3.8) is 0 Å². The van der Waals surface area contributed by atoms with Gasteiger partial charge in [0.2, 0.25) is 11.0 Å². The first kappa shape index (κ1) is 16.2. The lowest BCUT2D eigenvalue weighted by molar-refractivity contribution is -0.124. The summed E-state index contributed by atoms with van der Waals surface area (Å²) in [6.07, 6.45) is 2.69. The molecule has 0 bridgehead atoms. The number of hydrogen-bond donors (Lipinski definition) is 1. The van der Waals surface area contributed by atoms with Crippen LogP contribution in [-0.2, 0) is 11.2 Å². The number of hydrogen-bond acceptors (Lipinski definition) is 5. The van der Waals surface area contributed by atoms with Crippen LogP contribution in [0.15, 0.2) is 24.3 Å². The first-order valence-electron chi connectivity index (χ1n) is 7.69. The summed E-state index contributed by atoms with van der Waals surface area (Å²) in [4.78, 5) is 14.0. The molecule has 1 unspecified atom stereocenters. The molecule has 0 saturated carbocycles. The number of amides is 1. The van der Waals surface area contributed by atoms with Crippen molar-refractivity contribution in [2.75, 3.05) is 25.0 Å². The molecule has 1 atom stereocenters. The minimum Gasteiger partial charge on any atom is -0.359 e. The zero-order chi connectivity index (χ0) is 16.2. The minimum absolute atomic E-state index is 0.0392. The van der Waals surface area contributed by atoms with Gasteiger partial charge in [-0.15, -0.1) is 10.2 Å². The first-order valence-corrected chi connectivity index (χ1v) is 8.88. The number of carbonyl (C=O) groups excluding carboxylic acids is 1. The van der Waals surface area contributed by atoms with Crippen LogP contribution in [0.2, 0.25) is 5.02 Å². The van der Waals surface area contributed by atoms with Crippen molar-refractivity contribution in [1.29, 1.82) is 0 Å². The summed E-state index contributed by atoms with van der Waals surface area (Å²) in [7, 11) is 1.69. The van der Waals surface area contributed by atoms with Crippen LogP contribution in [0, 0.1) is 5.92 Å². The van der Waals surface area contributed by atoms with E-state index >= 15 is 0 Å². The zero-order valence-corrected chi connectivity index (χ0v) is 14.5. The predicted molar refractivity (Wildman–Crippen MR) is 93.2 cm³/mol. The Morgan fingerprint density at radius 3 is 2.91 bits per heavy atom. The molecule has 2 aromatic rings. The number of nitrogens with zero attached hydrogens (tertiary/aromatic N) is 3. The molecule has 0 aliphatic carbocycles. The molecule has 122 valence electrons. The van der Waals surface area contributed by atoms with Gasteiger partial charge in [0.05, 0.1) is 5.92 Å². The van der Waals surface area contributed by atoms with E-state index in [-0.39, 0.29) is 11.8 Å². The second-order valence-electron chi connectivity index (χ2n) is 5.68. The molecule has 1 fully saturated rings. The highest BCUT2D eigenvalue weighted by atomic mass is 35.5. The Bertz CT molecular complexity index is 673. The number of rotatable bonds is 4. The Kier molecular flexibility index (Phi) is 5.13. The summed E-state index contributed by atoms with van der Waals surface area (Å²) < 4.78 is 0. The minimum atomic E-state index is 0.0392. The van der Waals surface area contributed by atoms with Gasteiger partial charge in [0.15, 0.2) is 0 Å². The lowest BCUT2D eigenvalue weighted by Gasteiger charge is -2.31. The summed E-state index contributed by atoms with van der Waals surface area (Å²) in [6, 6.07) is 7.78. The lowest BCUT2D eigenvalue weighted by atomic mass is 9.98. The van der Waals surface area contributed by atoms with Crippen molar-refractivity contribution in [3.05, 3.63) is 39.9 Å². The van der Waals surface area contributed by atoms with E-state index in [1.165, 1.54) is 5.56 Å². The van der Waals surface area contributed by atoms with Gasteiger partial charge in [0, 0.05) is 31.6 Å². The largest absolute Gasteiger partial charge is 0.359 e. The highest BCUT2D eigenvalue weighted by Crippen LogP contribution is 2.27. The van der Waals surface area contributed by atoms with E-state index in [2.05, 4.69) is 20.4 Å². The van der Waals surface area contributed by atoms with Crippen LogP contribution in [0.3, 0.4) is 0 Å². The zero-order valence-electron chi connectivity index (χ0n) is 13.0. The van der Waals surface area contributed by atoms with Crippen LogP contribution >= 0.6 is 22.9 Å². The third kappa shape index (κ3) is 4.00. The van der Waals surface area contributed by atoms with Crippen molar-refractivity contribution in [1.82, 2.24) is 15.5 Å². The Morgan fingerprint density at radius 1 is 1.39 bits per heavy atom. The molecule has 0 radical (unpaired) electrons. The van der Waals surface area contributed by atoms with Crippen LogP contribution < -0.4 is 10.2 Å². The van der Waals surface area contributed by atoms with Crippen LogP contribution in [0.25, 0.3) is 0 Å². The number of aromatic nitrogens is 2. The van der Waals surface area contributed by atoms with Gasteiger partial charge in [-0.1, -0.05) is 35.1 Å². The molecule has 1 aliphatic heterocycles. The fraction of sp³-hybridized carbons (Fsp3) is 0.438. The third-order valence-electron chi connectivity index (χ3n) is 4.03. The van der Waals surface area contributed by atoms with Crippen LogP contribution in [0.1, 0.15) is 23.4 Å². The molecule has 3 rings (SSSR count). The van der Waals surface area contributed by atoms with Gasteiger partial charge < -0.3 is 10.2 Å². The van der Waals surface area contributed by atoms with E-state index < -0.39 is 0 Å². The number of halogens is 1. The Hall–Kier alpha value is -1.66. The van der Waals surface area contributed by atoms with Crippen LogP contribution in [0.4, 0.5) is 5.13 Å². The Labute approximate surface area is 144 Å². The molecular formula is C16H19ClN4OS. The fourth-order valence-corrected chi connectivity index (χ4v) is 3.82. The SMILES string of the molecule is CNC(=O)C1CCCN(c2nnc(Cc3ccc(Cl)cc3)s2)C1. The quantitative estimate of drug-likeness (QED) is 0.921. The Balaban J connectivity index is 1.66. The average molecular weight is 351 g/mol. The van der Waals surface area contributed by atoms with Gasteiger partial charge in [-0.25, -0.2) is 0 Å². The number of piperidine rings is 1. The molecule has 1 amide bonds. The molecular weight excluding hydrogens is 332 g/mol. The molecule has 23 heavy (non-hydrogen) atoms. The van der Waals surface area contributed by atoms with Crippen molar-refractivity contribution >= 4 is 34.0 Å². The van der Waals surface area contributed by atoms with E-state index in [1.807, 2.05) is 24.3 Å². The summed E-state index contributed by atoms with van der Waals surface area (Å²) >= 11 is 7.51. The molecule has 5 nitrogen and oxygen atoms in total. The summed E-state index contributed by atoms with van der Waals surface area (Å²) in [5.74, 6) is 0.151. The maximum absolute atomic E-state index is 11.8. The number of carbonyl (C=O) groups is 1. The maximum atomic E-state index is 11.8. The van der Waals surface area contributed by atoms with Crippen molar-refractivity contribution in [2.45, 2.75) is 19.3 Å². The summed E-state index contributed by atoms with van der Waals surface area (Å²) in [5, 5.41) is 14.0. The predicted octanol–water partition coefficient (Wildman–Crippen LogP) is 2.74. The summed E-state index contributed by atoms with van der Waals surface area (Å²) in [6.45, 7) is 1.65. The van der Waals surface area contributed by atoms with Gasteiger partial charge in [-0.05, 0) is 30.5 Å². The van der Waals surface area contributed by atoms with Gasteiger partial charge in [0.25, 0.3) is 0 Å². The van der Waals surface area contributed by atoms with Crippen molar-refractivity contribution in [3.8, 4) is 0 Å². The van der Waals surface area contributed by atoms with E-state index in [1.54, 1.807) is 18.4 Å². The number of anilines is 1. The standard InChI is InChI=1S/C16H19ClN4OS/c1-18-15(22)12-3-2-8-21(10-12)16-20-19-14(23-16)9-11-4-6-13(17)7-5-11/h4-7,12H,2-3,8-10H2,1H3,(H,18,22). The monoisotopic (exact) mass is 350 g/mol. The molecule has 1 N–H and O–H groups in total. The van der Waals surface area contributed by atoms with Crippen LogP contribution in [-0.4, -0.2) is 36.2 Å². The van der Waals surface area contributed by atoms with E-state index in [4.69, 9.17) is 11.6 Å². The molecule has 1 aromatic heterocycles. The third-order valence-corrected chi connectivity index (χ3v) is 5.27. The second kappa shape index (κ2) is 7.27. The van der Waals surface area contributed by atoms with Gasteiger partial charge in [-0.3, -0.25) is 4.79 Å². The second-order valence-corrected chi connectivity index (χ2v) is 7.16. The molecule has 1 aliphatic rings. The summed E-state index contributed by atoms with van der Waals surface area (Å²) in [5.41, 5.74) is 1.17. The molecule has 7 heteroatoms. The lowest BCUT2D eigenvalue weighted by Crippen LogP contribution is -2.42. The number of benzene rings is 1. The number of nitrogens with one attached hydrogen (secondary N) is 1. The van der Waals surface area contributed by atoms with E-state index in [0.29, 0.717) is 0 Å². The van der Waals surface area contributed by atoms with Crippen molar-refractivity contribution in [2.24, 2.45) is 5.92 Å². The van der Waals surface area contributed by atoms with Crippen LogP contribution in [0.5, 0.6) is 0 Å². The first-order chi connectivity index (χ1) is 11.2. The van der Waals surface area contributed by atoms with E-state index in [9.17, 15) is 4.79 Å². The molecule has 2 heterocycles. The van der Waals surface area contributed by atoms with Gasteiger partial charge in [-0.2, -0.15) is 0 Å². The highest BCUT2D eigenvalue weighted by Gasteiger charge is 2.26. The maximum Gasteiger partial charge on any atom is 0.224 e. The van der Waals surface area contributed by atoms with Gasteiger partial charge >= 0.3 is 0 Å². The molecule has 1 aromatic carbocycles. The Morgan fingerprint density at radius 2 is 2.17 bits per heavy atom. The van der Waals surface area contributed by atoms with Gasteiger partial charge in [0.1, 0.15) is 5.01 Å².